The summed E-state index contributed by atoms with van der Waals surface area (Å²) in [6, 6.07) is 0. The average Bonchev–Trinajstić information content (AvgIpc) is 2.31. The zero-order valence-electron chi connectivity index (χ0n) is 5.96. The summed E-state index contributed by atoms with van der Waals surface area (Å²) < 4.78 is 4.93. The molecule has 0 radical (unpaired) electrons. The molecule has 0 atom stereocenters. The SMILES string of the molecule is Cc1cocc1CCC=O. The lowest BCUT2D eigenvalue weighted by molar-refractivity contribution is -0.107. The maximum Gasteiger partial charge on any atom is 0.120 e. The molecule has 1 heterocycles. The first-order chi connectivity index (χ1) is 4.84. The Bertz CT molecular complexity index is 213. The van der Waals surface area contributed by atoms with Crippen molar-refractivity contribution in [3.05, 3.63) is 23.7 Å². The number of hydrogen-bond donors (Lipinski definition) is 0. The van der Waals surface area contributed by atoms with Gasteiger partial charge in [-0.25, -0.2) is 0 Å². The molecule has 0 N–H and O–H groups in total. The summed E-state index contributed by atoms with van der Waals surface area (Å²) in [6.45, 7) is 1.98. The highest BCUT2D eigenvalue weighted by Gasteiger charge is 1.98. The molecule has 0 fully saturated rings. The molecule has 0 aliphatic heterocycles. The summed E-state index contributed by atoms with van der Waals surface area (Å²) in [4.78, 5) is 9.98. The first-order valence-electron chi connectivity index (χ1n) is 3.30. The Morgan fingerprint density at radius 2 is 2.40 bits per heavy atom. The molecule has 2 heteroatoms. The van der Waals surface area contributed by atoms with E-state index in [0.29, 0.717) is 6.42 Å². The minimum atomic E-state index is 0.584. The molecule has 0 spiro atoms. The molecule has 0 amide bonds. The third-order valence-electron chi connectivity index (χ3n) is 1.49. The molecule has 1 aromatic heterocycles. The van der Waals surface area contributed by atoms with Crippen LogP contribution in [0.15, 0.2) is 16.9 Å². The summed E-state index contributed by atoms with van der Waals surface area (Å²) in [5, 5.41) is 0. The lowest BCUT2D eigenvalue weighted by Gasteiger charge is -1.90. The van der Waals surface area contributed by atoms with Gasteiger partial charge in [-0.05, 0) is 24.5 Å². The van der Waals surface area contributed by atoms with Crippen molar-refractivity contribution in [3.63, 3.8) is 0 Å². The van der Waals surface area contributed by atoms with Gasteiger partial charge >= 0.3 is 0 Å². The lowest BCUT2D eigenvalue weighted by atomic mass is 10.1. The van der Waals surface area contributed by atoms with E-state index < -0.39 is 0 Å². The molecule has 2 nitrogen and oxygen atoms in total. The molecular weight excluding hydrogens is 128 g/mol. The summed E-state index contributed by atoms with van der Waals surface area (Å²) in [7, 11) is 0. The van der Waals surface area contributed by atoms with Crippen LogP contribution in [0.25, 0.3) is 0 Å². The maximum atomic E-state index is 9.98. The summed E-state index contributed by atoms with van der Waals surface area (Å²) >= 11 is 0. The van der Waals surface area contributed by atoms with Crippen molar-refractivity contribution in [1.82, 2.24) is 0 Å². The predicted octanol–water partition coefficient (Wildman–Crippen LogP) is 1.72. The second-order valence-corrected chi connectivity index (χ2v) is 2.29. The Labute approximate surface area is 59.8 Å². The van der Waals surface area contributed by atoms with Gasteiger partial charge in [0, 0.05) is 6.42 Å². The first-order valence-corrected chi connectivity index (χ1v) is 3.30. The van der Waals surface area contributed by atoms with E-state index in [9.17, 15) is 4.79 Å². The van der Waals surface area contributed by atoms with Crippen molar-refractivity contribution in [2.75, 3.05) is 0 Å². The molecule has 54 valence electrons. The van der Waals surface area contributed by atoms with Crippen molar-refractivity contribution < 1.29 is 9.21 Å². The van der Waals surface area contributed by atoms with Crippen LogP contribution in [-0.2, 0) is 11.2 Å². The Morgan fingerprint density at radius 1 is 1.60 bits per heavy atom. The van der Waals surface area contributed by atoms with Crippen LogP contribution in [0.3, 0.4) is 0 Å². The summed E-state index contributed by atoms with van der Waals surface area (Å²) in [6.07, 6.45) is 5.69. The smallest absolute Gasteiger partial charge is 0.120 e. The van der Waals surface area contributed by atoms with Crippen LogP contribution in [0.2, 0.25) is 0 Å². The normalized spacial score (nSPS) is 9.70. The van der Waals surface area contributed by atoms with E-state index in [1.165, 1.54) is 0 Å². The predicted molar refractivity (Wildman–Crippen MR) is 37.8 cm³/mol. The van der Waals surface area contributed by atoms with Gasteiger partial charge in [-0.2, -0.15) is 0 Å². The number of rotatable bonds is 3. The van der Waals surface area contributed by atoms with E-state index in [0.717, 1.165) is 23.8 Å². The third-order valence-corrected chi connectivity index (χ3v) is 1.49. The van der Waals surface area contributed by atoms with Crippen molar-refractivity contribution >= 4 is 6.29 Å². The summed E-state index contributed by atoms with van der Waals surface area (Å²) in [5.41, 5.74) is 2.26. The van der Waals surface area contributed by atoms with E-state index in [1.54, 1.807) is 12.5 Å². The maximum absolute atomic E-state index is 9.98. The minimum absolute atomic E-state index is 0.584. The molecule has 1 aromatic rings. The van der Waals surface area contributed by atoms with Gasteiger partial charge in [0.25, 0.3) is 0 Å². The van der Waals surface area contributed by atoms with Gasteiger partial charge in [0.05, 0.1) is 12.5 Å². The largest absolute Gasteiger partial charge is 0.472 e. The zero-order valence-corrected chi connectivity index (χ0v) is 5.96. The Kier molecular flexibility index (Phi) is 2.26. The molecular formula is C8H10O2. The van der Waals surface area contributed by atoms with Gasteiger partial charge in [-0.1, -0.05) is 0 Å². The zero-order chi connectivity index (χ0) is 7.40. The van der Waals surface area contributed by atoms with E-state index in [1.807, 2.05) is 6.92 Å². The minimum Gasteiger partial charge on any atom is -0.472 e. The fraction of sp³-hybridized carbons (Fsp3) is 0.375. The monoisotopic (exact) mass is 138 g/mol. The topological polar surface area (TPSA) is 30.2 Å². The van der Waals surface area contributed by atoms with Crippen molar-refractivity contribution in [1.29, 1.82) is 0 Å². The van der Waals surface area contributed by atoms with Crippen molar-refractivity contribution in [3.8, 4) is 0 Å². The van der Waals surface area contributed by atoms with Gasteiger partial charge in [0.2, 0.25) is 0 Å². The van der Waals surface area contributed by atoms with E-state index in [4.69, 9.17) is 4.42 Å². The number of carbonyl (C=O) groups is 1. The molecule has 0 bridgehead atoms. The number of aldehydes is 1. The van der Waals surface area contributed by atoms with Crippen LogP contribution < -0.4 is 0 Å². The van der Waals surface area contributed by atoms with Crippen LogP contribution in [0.1, 0.15) is 17.5 Å². The number of aryl methyl sites for hydroxylation is 2. The molecule has 0 aromatic carbocycles. The van der Waals surface area contributed by atoms with Gasteiger partial charge in [0.15, 0.2) is 0 Å². The standard InChI is InChI=1S/C8H10O2/c1-7-5-10-6-8(7)3-2-4-9/h4-6H,2-3H2,1H3. The number of carbonyl (C=O) groups excluding carboxylic acids is 1. The van der Waals surface area contributed by atoms with Crippen LogP contribution in [0.5, 0.6) is 0 Å². The molecule has 0 saturated heterocycles. The van der Waals surface area contributed by atoms with Gasteiger partial charge in [-0.15, -0.1) is 0 Å². The highest BCUT2D eigenvalue weighted by molar-refractivity contribution is 5.50. The van der Waals surface area contributed by atoms with Crippen molar-refractivity contribution in [2.45, 2.75) is 19.8 Å². The average molecular weight is 138 g/mol. The Morgan fingerprint density at radius 3 is 2.90 bits per heavy atom. The van der Waals surface area contributed by atoms with Crippen LogP contribution in [-0.4, -0.2) is 6.29 Å². The number of furan rings is 1. The molecule has 0 aliphatic rings. The molecule has 0 aliphatic carbocycles. The fourth-order valence-electron chi connectivity index (χ4n) is 0.857. The molecule has 0 unspecified atom stereocenters. The van der Waals surface area contributed by atoms with E-state index >= 15 is 0 Å². The highest BCUT2D eigenvalue weighted by Crippen LogP contribution is 2.09. The molecule has 10 heavy (non-hydrogen) atoms. The van der Waals surface area contributed by atoms with E-state index in [2.05, 4.69) is 0 Å². The Balaban J connectivity index is 2.56. The van der Waals surface area contributed by atoms with Gasteiger partial charge in [-0.3, -0.25) is 0 Å². The Hall–Kier alpha value is -1.05. The number of hydrogen-bond acceptors (Lipinski definition) is 2. The van der Waals surface area contributed by atoms with Crippen LogP contribution in [0, 0.1) is 6.92 Å². The third kappa shape index (κ3) is 1.47. The second-order valence-electron chi connectivity index (χ2n) is 2.29. The van der Waals surface area contributed by atoms with Crippen molar-refractivity contribution in [2.24, 2.45) is 0 Å². The summed E-state index contributed by atoms with van der Waals surface area (Å²) in [5.74, 6) is 0. The molecule has 0 saturated carbocycles. The van der Waals surface area contributed by atoms with E-state index in [-0.39, 0.29) is 0 Å². The van der Waals surface area contributed by atoms with Crippen LogP contribution in [0.4, 0.5) is 0 Å². The first kappa shape index (κ1) is 7.06. The molecule has 1 rings (SSSR count). The van der Waals surface area contributed by atoms with Gasteiger partial charge in [0.1, 0.15) is 6.29 Å². The lowest BCUT2D eigenvalue weighted by Crippen LogP contribution is -1.84. The highest BCUT2D eigenvalue weighted by atomic mass is 16.3. The second kappa shape index (κ2) is 3.20. The quantitative estimate of drug-likeness (QED) is 0.595. The van der Waals surface area contributed by atoms with Crippen LogP contribution >= 0.6 is 0 Å². The fourth-order valence-corrected chi connectivity index (χ4v) is 0.857. The van der Waals surface area contributed by atoms with Gasteiger partial charge < -0.3 is 9.21 Å².